The molecule has 0 amide bonds. The molecule has 0 spiro atoms. The summed E-state index contributed by atoms with van der Waals surface area (Å²) in [5.74, 6) is -0.367. The maximum atomic E-state index is 12.7. The molecule has 0 radical (unpaired) electrons. The molecule has 0 aliphatic carbocycles. The van der Waals surface area contributed by atoms with Gasteiger partial charge in [0, 0.05) is 16.7 Å². The van der Waals surface area contributed by atoms with Crippen LogP contribution in [0.3, 0.4) is 0 Å². The van der Waals surface area contributed by atoms with Gasteiger partial charge in [-0.2, -0.15) is 0 Å². The molecule has 2 heterocycles. The van der Waals surface area contributed by atoms with E-state index >= 15 is 0 Å². The van der Waals surface area contributed by atoms with Gasteiger partial charge in [-0.05, 0) is 22.0 Å². The van der Waals surface area contributed by atoms with Gasteiger partial charge in [-0.25, -0.2) is 4.39 Å². The zero-order valence-corrected chi connectivity index (χ0v) is 7.55. The Morgan fingerprint density at radius 3 is 3.00 bits per heavy atom. The Labute approximate surface area is 76.6 Å². The van der Waals surface area contributed by atoms with Crippen molar-refractivity contribution in [3.8, 4) is 0 Å². The molecule has 0 aromatic carbocycles. The molecule has 4 heteroatoms. The number of pyridine rings is 2. The second kappa shape index (κ2) is 2.79. The summed E-state index contributed by atoms with van der Waals surface area (Å²) in [6.45, 7) is 0. The van der Waals surface area contributed by atoms with Crippen LogP contribution in [0.25, 0.3) is 11.0 Å². The molecule has 0 atom stereocenters. The van der Waals surface area contributed by atoms with Crippen molar-refractivity contribution in [2.45, 2.75) is 0 Å². The molecule has 0 N–H and O–H groups in total. The monoisotopic (exact) mass is 226 g/mol. The van der Waals surface area contributed by atoms with Crippen molar-refractivity contribution in [2.75, 3.05) is 0 Å². The maximum absolute atomic E-state index is 12.7. The molecule has 0 unspecified atom stereocenters. The molecule has 0 saturated carbocycles. The van der Waals surface area contributed by atoms with Crippen LogP contribution in [0.2, 0.25) is 0 Å². The van der Waals surface area contributed by atoms with Crippen molar-refractivity contribution in [1.82, 2.24) is 9.97 Å². The van der Waals surface area contributed by atoms with Crippen molar-refractivity contribution in [3.63, 3.8) is 0 Å². The predicted molar refractivity (Wildman–Crippen MR) is 47.2 cm³/mol. The zero-order chi connectivity index (χ0) is 8.55. The van der Waals surface area contributed by atoms with Gasteiger partial charge < -0.3 is 0 Å². The first-order valence-corrected chi connectivity index (χ1v) is 4.12. The Bertz CT molecular complexity index is 430. The van der Waals surface area contributed by atoms with Crippen LogP contribution in [0.1, 0.15) is 0 Å². The van der Waals surface area contributed by atoms with Crippen LogP contribution in [-0.4, -0.2) is 9.97 Å². The minimum absolute atomic E-state index is 0.367. The summed E-state index contributed by atoms with van der Waals surface area (Å²) in [5, 5.41) is 0. The Kier molecular flexibility index (Phi) is 1.77. The van der Waals surface area contributed by atoms with Crippen LogP contribution in [0, 0.1) is 5.82 Å². The van der Waals surface area contributed by atoms with Gasteiger partial charge in [0.25, 0.3) is 0 Å². The highest BCUT2D eigenvalue weighted by molar-refractivity contribution is 9.10. The lowest BCUT2D eigenvalue weighted by molar-refractivity contribution is 0.624. The average molecular weight is 227 g/mol. The first kappa shape index (κ1) is 7.61. The highest BCUT2D eigenvalue weighted by Gasteiger charge is 2.00. The third-order valence-corrected chi connectivity index (χ3v) is 2.13. The molecule has 2 aromatic heterocycles. The summed E-state index contributed by atoms with van der Waals surface area (Å²) in [4.78, 5) is 7.87. The number of hydrogen-bond acceptors (Lipinski definition) is 2. The molecule has 2 aromatic rings. The van der Waals surface area contributed by atoms with Crippen molar-refractivity contribution in [1.29, 1.82) is 0 Å². The third-order valence-electron chi connectivity index (χ3n) is 1.49. The maximum Gasteiger partial charge on any atom is 0.143 e. The highest BCUT2D eigenvalue weighted by Crippen LogP contribution is 2.19. The summed E-state index contributed by atoms with van der Waals surface area (Å²) in [5.41, 5.74) is 1.24. The molecule has 2 rings (SSSR count). The molecule has 0 aliphatic heterocycles. The lowest BCUT2D eigenvalue weighted by atomic mass is 10.3. The van der Waals surface area contributed by atoms with E-state index in [1.165, 1.54) is 12.3 Å². The molecule has 2 nitrogen and oxygen atoms in total. The van der Waals surface area contributed by atoms with Gasteiger partial charge >= 0.3 is 0 Å². The topological polar surface area (TPSA) is 25.8 Å². The first-order chi connectivity index (χ1) is 5.77. The Balaban J connectivity index is 2.86. The van der Waals surface area contributed by atoms with E-state index in [1.807, 2.05) is 0 Å². The summed E-state index contributed by atoms with van der Waals surface area (Å²) in [6.07, 6.45) is 2.78. The predicted octanol–water partition coefficient (Wildman–Crippen LogP) is 2.53. The van der Waals surface area contributed by atoms with E-state index in [-0.39, 0.29) is 5.82 Å². The Morgan fingerprint density at radius 1 is 1.33 bits per heavy atom. The smallest absolute Gasteiger partial charge is 0.143 e. The van der Waals surface area contributed by atoms with E-state index in [1.54, 1.807) is 12.3 Å². The largest absolute Gasteiger partial charge is 0.254 e. The standard InChI is InChI=1S/C8H4BrFN2/c9-6-1-2-11-7-3-5(10)4-12-8(6)7/h1-4H. The minimum Gasteiger partial charge on any atom is -0.254 e. The summed E-state index contributed by atoms with van der Waals surface area (Å²) >= 11 is 3.30. The van der Waals surface area contributed by atoms with Crippen molar-refractivity contribution in [3.05, 3.63) is 34.8 Å². The summed E-state index contributed by atoms with van der Waals surface area (Å²) in [7, 11) is 0. The molecule has 12 heavy (non-hydrogen) atoms. The fraction of sp³-hybridized carbons (Fsp3) is 0. The van der Waals surface area contributed by atoms with E-state index < -0.39 is 0 Å². The molecule has 0 saturated heterocycles. The average Bonchev–Trinajstić information content (AvgIpc) is 2.04. The molecule has 0 fully saturated rings. The molecular formula is C8H4BrFN2. The normalized spacial score (nSPS) is 10.5. The van der Waals surface area contributed by atoms with Gasteiger partial charge in [0.1, 0.15) is 11.3 Å². The van der Waals surface area contributed by atoms with E-state index in [9.17, 15) is 4.39 Å². The zero-order valence-electron chi connectivity index (χ0n) is 5.96. The summed E-state index contributed by atoms with van der Waals surface area (Å²) in [6, 6.07) is 3.13. The van der Waals surface area contributed by atoms with Crippen molar-refractivity contribution in [2.24, 2.45) is 0 Å². The van der Waals surface area contributed by atoms with Gasteiger partial charge in [0.2, 0.25) is 0 Å². The number of fused-ring (bicyclic) bond motifs is 1. The lowest BCUT2D eigenvalue weighted by Gasteiger charge is -1.97. The van der Waals surface area contributed by atoms with Gasteiger partial charge in [0.15, 0.2) is 0 Å². The van der Waals surface area contributed by atoms with Gasteiger partial charge in [0.05, 0.1) is 11.7 Å². The Hall–Kier alpha value is -1.03. The van der Waals surface area contributed by atoms with E-state index in [0.29, 0.717) is 11.0 Å². The second-order valence-electron chi connectivity index (χ2n) is 2.31. The Morgan fingerprint density at radius 2 is 2.17 bits per heavy atom. The number of nitrogens with zero attached hydrogens (tertiary/aromatic N) is 2. The second-order valence-corrected chi connectivity index (χ2v) is 3.17. The summed E-state index contributed by atoms with van der Waals surface area (Å²) < 4.78 is 13.5. The lowest BCUT2D eigenvalue weighted by Crippen LogP contribution is -1.85. The number of hydrogen-bond donors (Lipinski definition) is 0. The SMILES string of the molecule is Fc1cnc2c(Br)ccnc2c1. The fourth-order valence-electron chi connectivity index (χ4n) is 0.973. The third kappa shape index (κ3) is 1.18. The van der Waals surface area contributed by atoms with Crippen molar-refractivity contribution < 1.29 is 4.39 Å². The van der Waals surface area contributed by atoms with Crippen LogP contribution in [0.4, 0.5) is 4.39 Å². The number of rotatable bonds is 0. The molecule has 60 valence electrons. The van der Waals surface area contributed by atoms with Gasteiger partial charge in [-0.3, -0.25) is 9.97 Å². The molecule has 0 aliphatic rings. The highest BCUT2D eigenvalue weighted by atomic mass is 79.9. The number of halogens is 2. The van der Waals surface area contributed by atoms with Gasteiger partial charge in [-0.1, -0.05) is 0 Å². The van der Waals surface area contributed by atoms with E-state index in [0.717, 1.165) is 4.47 Å². The van der Waals surface area contributed by atoms with E-state index in [4.69, 9.17) is 0 Å². The van der Waals surface area contributed by atoms with Gasteiger partial charge in [-0.15, -0.1) is 0 Å². The van der Waals surface area contributed by atoms with E-state index in [2.05, 4.69) is 25.9 Å². The molecule has 0 bridgehead atoms. The fourth-order valence-corrected chi connectivity index (χ4v) is 1.40. The van der Waals surface area contributed by atoms with Crippen LogP contribution >= 0.6 is 15.9 Å². The van der Waals surface area contributed by atoms with Crippen LogP contribution in [-0.2, 0) is 0 Å². The van der Waals surface area contributed by atoms with Crippen LogP contribution < -0.4 is 0 Å². The van der Waals surface area contributed by atoms with Crippen LogP contribution in [0.15, 0.2) is 29.0 Å². The first-order valence-electron chi connectivity index (χ1n) is 3.33. The van der Waals surface area contributed by atoms with Crippen LogP contribution in [0.5, 0.6) is 0 Å². The quantitative estimate of drug-likeness (QED) is 0.691. The molecular weight excluding hydrogens is 223 g/mol. The minimum atomic E-state index is -0.367. The number of aromatic nitrogens is 2. The van der Waals surface area contributed by atoms with Crippen molar-refractivity contribution >= 4 is 27.0 Å².